The van der Waals surface area contributed by atoms with Crippen LogP contribution >= 0.6 is 11.8 Å². The number of hydrogen-bond acceptors (Lipinski definition) is 4. The lowest BCUT2D eigenvalue weighted by atomic mass is 9.93. The second-order valence-electron chi connectivity index (χ2n) is 9.65. The van der Waals surface area contributed by atoms with E-state index in [9.17, 15) is 4.39 Å². The molecule has 1 atom stereocenters. The Morgan fingerprint density at radius 1 is 0.744 bits per heavy atom. The van der Waals surface area contributed by atoms with Crippen LogP contribution in [-0.4, -0.2) is 12.8 Å². The lowest BCUT2D eigenvalue weighted by Crippen LogP contribution is -2.13. The summed E-state index contributed by atoms with van der Waals surface area (Å²) in [6, 6.07) is 33.8. The highest BCUT2D eigenvalue weighted by atomic mass is 32.2. The highest BCUT2D eigenvalue weighted by Crippen LogP contribution is 2.47. The minimum atomic E-state index is -0.186. The van der Waals surface area contributed by atoms with E-state index in [1.54, 1.807) is 17.8 Å². The molecule has 1 aliphatic heterocycles. The molecule has 0 saturated carbocycles. The number of nitrogens with two attached hydrogens (primary N) is 1. The van der Waals surface area contributed by atoms with Crippen molar-refractivity contribution in [2.24, 2.45) is 5.73 Å². The van der Waals surface area contributed by atoms with Gasteiger partial charge in [-0.15, -0.1) is 0 Å². The van der Waals surface area contributed by atoms with Crippen LogP contribution in [0.3, 0.4) is 0 Å². The van der Waals surface area contributed by atoms with E-state index in [0.717, 1.165) is 43.0 Å². The normalized spacial score (nSPS) is 12.7. The molecule has 0 saturated heterocycles. The molecule has 3 N–H and O–H groups in total. The molecule has 3 nitrogen and oxygen atoms in total. The molecule has 0 fully saturated rings. The summed E-state index contributed by atoms with van der Waals surface area (Å²) >= 11 is 1.69. The van der Waals surface area contributed by atoms with Gasteiger partial charge in [0.2, 0.25) is 0 Å². The van der Waals surface area contributed by atoms with E-state index in [-0.39, 0.29) is 11.7 Å². The van der Waals surface area contributed by atoms with E-state index >= 15 is 0 Å². The van der Waals surface area contributed by atoms with Gasteiger partial charge in [-0.05, 0) is 81.2 Å². The van der Waals surface area contributed by atoms with Crippen LogP contribution in [0.15, 0.2) is 113 Å². The van der Waals surface area contributed by atoms with Crippen LogP contribution in [0.2, 0.25) is 0 Å². The minimum Gasteiger partial charge on any atom is -0.455 e. The Labute approximate surface area is 230 Å². The number of hydrogen-bond donors (Lipinski definition) is 2. The van der Waals surface area contributed by atoms with Gasteiger partial charge in [-0.3, -0.25) is 0 Å². The molecule has 192 valence electrons. The molecule has 6 aromatic rings. The number of ether oxygens (including phenoxy) is 1. The zero-order valence-electron chi connectivity index (χ0n) is 21.4. The summed E-state index contributed by atoms with van der Waals surface area (Å²) in [7, 11) is 0. The predicted octanol–water partition coefficient (Wildman–Crippen LogP) is 9.23. The van der Waals surface area contributed by atoms with Gasteiger partial charge in [-0.25, -0.2) is 4.39 Å². The third-order valence-corrected chi connectivity index (χ3v) is 8.19. The highest BCUT2D eigenvalue weighted by molar-refractivity contribution is 7.99. The molecule has 1 heterocycles. The second-order valence-corrected chi connectivity index (χ2v) is 10.7. The first-order valence-electron chi connectivity index (χ1n) is 12.9. The van der Waals surface area contributed by atoms with Gasteiger partial charge < -0.3 is 15.9 Å². The topological polar surface area (TPSA) is 59.1 Å². The first-order valence-corrected chi connectivity index (χ1v) is 13.7. The van der Waals surface area contributed by atoms with E-state index in [2.05, 4.69) is 49.4 Å². The maximum absolute atomic E-state index is 13.6. The maximum Gasteiger partial charge on any atom is 0.141 e. The number of benzene rings is 6. The van der Waals surface area contributed by atoms with Crippen LogP contribution in [0.25, 0.3) is 32.3 Å². The number of rotatable bonds is 3. The Kier molecular flexibility index (Phi) is 6.77. The summed E-state index contributed by atoms with van der Waals surface area (Å²) in [4.78, 5) is 2.20. The molecule has 1 aliphatic rings. The van der Waals surface area contributed by atoms with E-state index in [1.807, 2.05) is 48.5 Å². The Hall–Kier alpha value is -4.19. The van der Waals surface area contributed by atoms with E-state index in [0.29, 0.717) is 6.54 Å². The van der Waals surface area contributed by atoms with E-state index in [1.165, 1.54) is 34.0 Å². The zero-order valence-corrected chi connectivity index (χ0v) is 22.3. The average molecular weight is 531 g/mol. The summed E-state index contributed by atoms with van der Waals surface area (Å²) in [5.41, 5.74) is 7.96. The predicted molar refractivity (Wildman–Crippen MR) is 161 cm³/mol. The molecule has 39 heavy (non-hydrogen) atoms. The Balaban J connectivity index is 0.000000142. The van der Waals surface area contributed by atoms with Crippen LogP contribution in [0, 0.1) is 18.2 Å². The molecule has 0 bridgehead atoms. The summed E-state index contributed by atoms with van der Waals surface area (Å²) in [6.45, 7) is 2.54. The number of halogens is 1. The smallest absolute Gasteiger partial charge is 0.141 e. The molecular weight excluding hydrogens is 503 g/mol. The van der Waals surface area contributed by atoms with Crippen LogP contribution < -0.4 is 10.5 Å². The van der Waals surface area contributed by atoms with Crippen molar-refractivity contribution in [2.45, 2.75) is 22.6 Å². The molecule has 7 rings (SSSR count). The van der Waals surface area contributed by atoms with Crippen LogP contribution in [-0.2, 0) is 0 Å². The van der Waals surface area contributed by atoms with Crippen molar-refractivity contribution in [3.05, 3.63) is 120 Å². The molecular formula is C34H27FN2OS. The van der Waals surface area contributed by atoms with Crippen LogP contribution in [0.5, 0.6) is 11.5 Å². The fraction of sp³-hybridized carbons (Fsp3) is 0.0882. The van der Waals surface area contributed by atoms with Crippen LogP contribution in [0.1, 0.15) is 17.0 Å². The summed E-state index contributed by atoms with van der Waals surface area (Å²) in [5.74, 6) is 1.56. The van der Waals surface area contributed by atoms with Crippen molar-refractivity contribution in [1.82, 2.24) is 0 Å². The van der Waals surface area contributed by atoms with Gasteiger partial charge in [0.1, 0.15) is 17.3 Å². The molecule has 6 aromatic carbocycles. The average Bonchev–Trinajstić information content (AvgIpc) is 2.97. The first kappa shape index (κ1) is 25.1. The number of nitrogens with one attached hydrogen (secondary N) is 1. The Bertz CT molecular complexity index is 1830. The molecule has 0 amide bonds. The Morgan fingerprint density at radius 2 is 1.38 bits per heavy atom. The molecule has 0 aliphatic carbocycles. The van der Waals surface area contributed by atoms with Gasteiger partial charge >= 0.3 is 0 Å². The summed E-state index contributed by atoms with van der Waals surface area (Å²) in [6.07, 6.45) is 1.39. The fourth-order valence-corrected chi connectivity index (χ4v) is 6.12. The molecule has 1 unspecified atom stereocenters. The van der Waals surface area contributed by atoms with Gasteiger partial charge in [0.25, 0.3) is 0 Å². The van der Waals surface area contributed by atoms with Crippen molar-refractivity contribution in [2.75, 3.05) is 6.54 Å². The molecule has 0 aromatic heterocycles. The van der Waals surface area contributed by atoms with Gasteiger partial charge in [-0.2, -0.15) is 0 Å². The van der Waals surface area contributed by atoms with E-state index in [4.69, 9.17) is 15.9 Å². The fourth-order valence-electron chi connectivity index (χ4n) is 5.12. The van der Waals surface area contributed by atoms with Crippen LogP contribution in [0.4, 0.5) is 4.39 Å². The standard InChI is InChI=1S/C19H13F.C15H14N2OS/c1-12-6-8-17-18(10-12)15-5-3-2-4-14(15)16-9-7-13(20)11-19(16)17;16-8-11(9-17)10-5-6-13-15(7-10)19-14-4-2-1-3-12(14)18-13/h2-11H,1H3;1-8,11,16H,9,17H2. The summed E-state index contributed by atoms with van der Waals surface area (Å²) < 4.78 is 19.5. The monoisotopic (exact) mass is 530 g/mol. The van der Waals surface area contributed by atoms with E-state index < -0.39 is 0 Å². The van der Waals surface area contributed by atoms with Crippen molar-refractivity contribution < 1.29 is 9.13 Å². The van der Waals surface area contributed by atoms with Crippen molar-refractivity contribution in [3.8, 4) is 11.5 Å². The van der Waals surface area contributed by atoms with Gasteiger partial charge in [0.15, 0.2) is 0 Å². The first-order chi connectivity index (χ1) is 19.1. The lowest BCUT2D eigenvalue weighted by molar-refractivity contribution is 0.454. The Morgan fingerprint density at radius 3 is 2.18 bits per heavy atom. The lowest BCUT2D eigenvalue weighted by Gasteiger charge is -2.21. The van der Waals surface area contributed by atoms with Gasteiger partial charge in [0, 0.05) is 18.7 Å². The number of para-hydroxylation sites is 1. The van der Waals surface area contributed by atoms with Crippen molar-refractivity contribution >= 4 is 50.3 Å². The molecule has 0 radical (unpaired) electrons. The summed E-state index contributed by atoms with van der Waals surface area (Å²) in [5, 5.41) is 14.2. The molecule has 5 heteroatoms. The van der Waals surface area contributed by atoms with Gasteiger partial charge in [0.05, 0.1) is 9.79 Å². The van der Waals surface area contributed by atoms with Gasteiger partial charge in [-0.1, -0.05) is 84.1 Å². The zero-order chi connectivity index (χ0) is 26.9. The van der Waals surface area contributed by atoms with Crippen molar-refractivity contribution in [1.29, 1.82) is 5.41 Å². The number of aryl methyl sites for hydroxylation is 1. The maximum atomic E-state index is 13.6. The molecule has 0 spiro atoms. The highest BCUT2D eigenvalue weighted by Gasteiger charge is 2.19. The third kappa shape index (κ3) is 4.76. The SMILES string of the molecule is Cc1ccc2c(c1)c1ccccc1c1ccc(F)cc12.N=CC(CN)c1ccc2c(c1)Sc1ccccc1O2. The van der Waals surface area contributed by atoms with Crippen molar-refractivity contribution in [3.63, 3.8) is 0 Å². The third-order valence-electron chi connectivity index (χ3n) is 7.09. The minimum absolute atomic E-state index is 0.0249. The second kappa shape index (κ2) is 10.5. The number of fused-ring (bicyclic) bond motifs is 8. The quantitative estimate of drug-likeness (QED) is 0.177. The largest absolute Gasteiger partial charge is 0.455 e.